The molecular weight excluding hydrogens is 444 g/mol. The third-order valence-electron chi connectivity index (χ3n) is 7.28. The number of carbonyl (C=O) groups is 1. The highest BCUT2D eigenvalue weighted by molar-refractivity contribution is 6.37. The van der Waals surface area contributed by atoms with E-state index in [2.05, 4.69) is 100 Å². The van der Waals surface area contributed by atoms with Crippen molar-refractivity contribution in [1.29, 1.82) is 0 Å². The van der Waals surface area contributed by atoms with Gasteiger partial charge in [0.25, 0.3) is 11.4 Å². The highest BCUT2D eigenvalue weighted by Gasteiger charge is 2.45. The SMILES string of the molecule is CCc1cc(CC)c([N+]2=C(C)C(C)=[N+](c3c(C)cc(C)cc3C)C2C)c(CC)c1.COC(=O)C(C)C. The number of ether oxygens (including phenoxy) is 1. The van der Waals surface area contributed by atoms with Crippen molar-refractivity contribution in [2.24, 2.45) is 5.92 Å². The van der Waals surface area contributed by atoms with Crippen molar-refractivity contribution in [3.8, 4) is 0 Å². The van der Waals surface area contributed by atoms with Gasteiger partial charge in [-0.05, 0) is 69.9 Å². The lowest BCUT2D eigenvalue weighted by molar-refractivity contribution is -0.688. The molecule has 2 aromatic carbocycles. The van der Waals surface area contributed by atoms with Crippen molar-refractivity contribution in [1.82, 2.24) is 0 Å². The molecule has 3 rings (SSSR count). The van der Waals surface area contributed by atoms with E-state index >= 15 is 0 Å². The summed E-state index contributed by atoms with van der Waals surface area (Å²) in [6.07, 6.45) is 3.48. The number of hydrogen-bond acceptors (Lipinski definition) is 2. The number of esters is 1. The lowest BCUT2D eigenvalue weighted by Crippen LogP contribution is -2.27. The van der Waals surface area contributed by atoms with Gasteiger partial charge in [-0.1, -0.05) is 40.2 Å². The zero-order chi connectivity index (χ0) is 27.3. The number of rotatable bonds is 6. The Morgan fingerprint density at radius 2 is 1.25 bits per heavy atom. The van der Waals surface area contributed by atoms with Crippen molar-refractivity contribution in [2.45, 2.75) is 102 Å². The van der Waals surface area contributed by atoms with Crippen molar-refractivity contribution in [3.05, 3.63) is 57.6 Å². The second kappa shape index (κ2) is 12.5. The molecule has 0 bridgehead atoms. The fourth-order valence-electron chi connectivity index (χ4n) is 5.41. The van der Waals surface area contributed by atoms with Crippen molar-refractivity contribution in [2.75, 3.05) is 7.11 Å². The number of nitrogens with zero attached hydrogens (tertiary/aromatic N) is 2. The summed E-state index contributed by atoms with van der Waals surface area (Å²) in [5, 5.41) is 0. The summed E-state index contributed by atoms with van der Waals surface area (Å²) < 4.78 is 9.51. The van der Waals surface area contributed by atoms with Gasteiger partial charge in [0.2, 0.25) is 11.4 Å². The van der Waals surface area contributed by atoms with Gasteiger partial charge in [-0.2, -0.15) is 0 Å². The van der Waals surface area contributed by atoms with E-state index in [9.17, 15) is 4.79 Å². The van der Waals surface area contributed by atoms with Crippen LogP contribution in [0.25, 0.3) is 0 Å². The van der Waals surface area contributed by atoms with E-state index in [1.54, 1.807) is 13.8 Å². The Kier molecular flexibility index (Phi) is 10.2. The molecule has 2 aromatic rings. The minimum atomic E-state index is -0.153. The molecule has 1 atom stereocenters. The average Bonchev–Trinajstić information content (AvgIpc) is 3.05. The molecule has 0 aliphatic carbocycles. The van der Waals surface area contributed by atoms with Crippen LogP contribution >= 0.6 is 0 Å². The van der Waals surface area contributed by atoms with Gasteiger partial charge in [-0.15, -0.1) is 9.15 Å². The molecule has 0 N–H and O–H groups in total. The zero-order valence-corrected chi connectivity index (χ0v) is 24.8. The summed E-state index contributed by atoms with van der Waals surface area (Å²) in [4.78, 5) is 10.3. The Labute approximate surface area is 219 Å². The zero-order valence-electron chi connectivity index (χ0n) is 24.8. The van der Waals surface area contributed by atoms with Crippen LogP contribution in [0.5, 0.6) is 0 Å². The first kappa shape index (κ1) is 29.5. The lowest BCUT2D eigenvalue weighted by atomic mass is 9.97. The molecule has 0 amide bonds. The Bertz CT molecular complexity index is 1140. The standard InChI is InChI=1S/C27H38N2.C5H10O2/c1-10-23-15-24(11-2)27(25(12-3)16-23)29-21(8)20(7)28(22(29)9)26-18(5)13-17(4)14-19(26)6;1-4(2)5(6)7-3/h13-16,22H,10-12H2,1-9H3;4H,1-3H3/q+2;. The Hall–Kier alpha value is -2.75. The van der Waals surface area contributed by atoms with Crippen LogP contribution in [0.3, 0.4) is 0 Å². The molecule has 4 heteroatoms. The van der Waals surface area contributed by atoms with Crippen LogP contribution in [-0.2, 0) is 28.8 Å². The maximum absolute atomic E-state index is 10.3. The van der Waals surface area contributed by atoms with E-state index in [-0.39, 0.29) is 18.1 Å². The van der Waals surface area contributed by atoms with Crippen LogP contribution < -0.4 is 0 Å². The molecule has 1 aliphatic heterocycles. The molecule has 36 heavy (non-hydrogen) atoms. The van der Waals surface area contributed by atoms with Gasteiger partial charge in [0, 0.05) is 36.1 Å². The molecule has 1 aliphatic rings. The molecule has 0 fully saturated rings. The lowest BCUT2D eigenvalue weighted by Gasteiger charge is -2.15. The second-order valence-corrected chi connectivity index (χ2v) is 10.3. The summed E-state index contributed by atoms with van der Waals surface area (Å²) in [5.41, 5.74) is 14.0. The first-order valence-corrected chi connectivity index (χ1v) is 13.5. The molecule has 1 heterocycles. The quantitative estimate of drug-likeness (QED) is 0.311. The minimum Gasteiger partial charge on any atom is -0.469 e. The van der Waals surface area contributed by atoms with Gasteiger partial charge < -0.3 is 4.74 Å². The fourth-order valence-corrected chi connectivity index (χ4v) is 5.41. The number of hydrogen-bond donors (Lipinski definition) is 0. The molecule has 0 radical (unpaired) electrons. The highest BCUT2D eigenvalue weighted by atomic mass is 16.5. The molecule has 1 unspecified atom stereocenters. The van der Waals surface area contributed by atoms with Crippen LogP contribution in [0.4, 0.5) is 11.4 Å². The summed E-state index contributed by atoms with van der Waals surface area (Å²) >= 11 is 0. The first-order chi connectivity index (χ1) is 16.9. The van der Waals surface area contributed by atoms with Gasteiger partial charge in [0.05, 0.1) is 20.0 Å². The first-order valence-electron chi connectivity index (χ1n) is 13.5. The van der Waals surface area contributed by atoms with Crippen LogP contribution in [0.15, 0.2) is 24.3 Å². The topological polar surface area (TPSA) is 32.3 Å². The average molecular weight is 493 g/mol. The van der Waals surface area contributed by atoms with E-state index in [4.69, 9.17) is 0 Å². The summed E-state index contributed by atoms with van der Waals surface area (Å²) in [7, 11) is 1.39. The smallest absolute Gasteiger partial charge is 0.351 e. The predicted molar refractivity (Wildman–Crippen MR) is 153 cm³/mol. The van der Waals surface area contributed by atoms with Crippen LogP contribution in [0.2, 0.25) is 0 Å². The van der Waals surface area contributed by atoms with Crippen LogP contribution in [0.1, 0.15) is 88.8 Å². The third-order valence-corrected chi connectivity index (χ3v) is 7.28. The number of methoxy groups -OCH3 is 1. The molecule has 0 spiro atoms. The number of aryl methyl sites for hydroxylation is 6. The number of benzene rings is 2. The van der Waals surface area contributed by atoms with Gasteiger partial charge in [0.15, 0.2) is 0 Å². The van der Waals surface area contributed by atoms with Gasteiger partial charge >= 0.3 is 12.1 Å². The minimum absolute atomic E-state index is 0.00463. The molecule has 196 valence electrons. The molecule has 0 saturated carbocycles. The number of carbonyl (C=O) groups excluding carboxylic acids is 1. The highest BCUT2D eigenvalue weighted by Crippen LogP contribution is 2.35. The fraction of sp³-hybridized carbons (Fsp3) is 0.531. The molecule has 0 saturated heterocycles. The Morgan fingerprint density at radius 3 is 1.58 bits per heavy atom. The van der Waals surface area contributed by atoms with E-state index < -0.39 is 0 Å². The van der Waals surface area contributed by atoms with Crippen molar-refractivity contribution < 1.29 is 18.7 Å². The van der Waals surface area contributed by atoms with Crippen LogP contribution in [-0.4, -0.2) is 39.8 Å². The summed E-state index contributed by atoms with van der Waals surface area (Å²) in [5.74, 6) is -0.148. The summed E-state index contributed by atoms with van der Waals surface area (Å²) in [6.45, 7) is 24.0. The van der Waals surface area contributed by atoms with E-state index in [1.807, 2.05) is 0 Å². The summed E-state index contributed by atoms with van der Waals surface area (Å²) in [6, 6.07) is 9.47. The van der Waals surface area contributed by atoms with E-state index in [1.165, 1.54) is 63.3 Å². The van der Waals surface area contributed by atoms with Gasteiger partial charge in [-0.25, -0.2) is 0 Å². The monoisotopic (exact) mass is 492 g/mol. The Balaban J connectivity index is 0.000000572. The third kappa shape index (κ3) is 5.96. The van der Waals surface area contributed by atoms with Crippen molar-refractivity contribution >= 4 is 28.8 Å². The van der Waals surface area contributed by atoms with Gasteiger partial charge in [0.1, 0.15) is 0 Å². The van der Waals surface area contributed by atoms with Crippen molar-refractivity contribution in [3.63, 3.8) is 0 Å². The van der Waals surface area contributed by atoms with Crippen LogP contribution in [0, 0.1) is 26.7 Å². The molecule has 4 nitrogen and oxygen atoms in total. The van der Waals surface area contributed by atoms with Gasteiger partial charge in [-0.3, -0.25) is 4.79 Å². The second-order valence-electron chi connectivity index (χ2n) is 10.3. The van der Waals surface area contributed by atoms with E-state index in [0.717, 1.165) is 19.3 Å². The maximum atomic E-state index is 10.3. The predicted octanol–water partition coefficient (Wildman–Crippen LogP) is 7.38. The molecule has 0 aromatic heterocycles. The van der Waals surface area contributed by atoms with E-state index in [0.29, 0.717) is 0 Å². The normalized spacial score (nSPS) is 15.4. The Morgan fingerprint density at radius 1 is 0.806 bits per heavy atom. The molecular formula is C32H48N2O2+2. The largest absolute Gasteiger partial charge is 0.469 e. The maximum Gasteiger partial charge on any atom is 0.351 e.